The Bertz CT molecular complexity index is 1200. The SMILES string of the molecule is Cc1nc(CC2(c3cccc(-c4ccccn4)c3)OCCCO2)nc(C(=O)NCC(=O)O)c1O. The number of ether oxygens (including phenoxy) is 2. The van der Waals surface area contributed by atoms with Crippen molar-refractivity contribution in [2.45, 2.75) is 25.6 Å². The van der Waals surface area contributed by atoms with Crippen LogP contribution in [0.4, 0.5) is 0 Å². The van der Waals surface area contributed by atoms with Crippen LogP contribution >= 0.6 is 0 Å². The molecule has 0 bridgehead atoms. The van der Waals surface area contributed by atoms with E-state index in [1.54, 1.807) is 6.20 Å². The number of carbonyl (C=O) groups is 2. The lowest BCUT2D eigenvalue weighted by atomic mass is 9.97. The number of aliphatic carboxylic acids is 1. The van der Waals surface area contributed by atoms with Crippen molar-refractivity contribution in [3.05, 3.63) is 71.4 Å². The highest BCUT2D eigenvalue weighted by molar-refractivity contribution is 5.96. The monoisotopic (exact) mass is 464 g/mol. The van der Waals surface area contributed by atoms with Crippen molar-refractivity contribution in [2.24, 2.45) is 0 Å². The summed E-state index contributed by atoms with van der Waals surface area (Å²) in [6.45, 7) is 1.84. The van der Waals surface area contributed by atoms with Crippen LogP contribution in [0.15, 0.2) is 48.7 Å². The Morgan fingerprint density at radius 2 is 1.91 bits per heavy atom. The number of aryl methyl sites for hydroxylation is 1. The third-order valence-corrected chi connectivity index (χ3v) is 5.33. The maximum atomic E-state index is 12.4. The van der Waals surface area contributed by atoms with Crippen LogP contribution in [-0.2, 0) is 26.5 Å². The fraction of sp³-hybridized carbons (Fsp3) is 0.292. The standard InChI is InChI=1S/C24H24N4O6/c1-15-22(31)21(23(32)26-14-20(29)30)28-19(27-15)13-24(33-10-5-11-34-24)17-7-4-6-16(12-17)18-8-2-3-9-25-18/h2-4,6-9,12,31H,5,10-11,13-14H2,1H3,(H,26,32)(H,29,30). The van der Waals surface area contributed by atoms with E-state index in [1.807, 2.05) is 42.5 Å². The van der Waals surface area contributed by atoms with Crippen LogP contribution in [0.3, 0.4) is 0 Å². The number of pyridine rings is 1. The molecule has 0 atom stereocenters. The van der Waals surface area contributed by atoms with Crippen LogP contribution in [0.2, 0.25) is 0 Å². The van der Waals surface area contributed by atoms with E-state index in [2.05, 4.69) is 20.3 Å². The first-order valence-corrected chi connectivity index (χ1v) is 10.7. The number of hydrogen-bond acceptors (Lipinski definition) is 8. The molecule has 0 spiro atoms. The Morgan fingerprint density at radius 3 is 2.62 bits per heavy atom. The smallest absolute Gasteiger partial charge is 0.322 e. The van der Waals surface area contributed by atoms with Crippen LogP contribution in [0.5, 0.6) is 5.75 Å². The summed E-state index contributed by atoms with van der Waals surface area (Å²) in [6.07, 6.45) is 2.51. The van der Waals surface area contributed by atoms with E-state index >= 15 is 0 Å². The number of carboxylic acids is 1. The number of carboxylic acid groups (broad SMARTS) is 1. The molecule has 3 heterocycles. The number of benzene rings is 1. The fourth-order valence-corrected chi connectivity index (χ4v) is 3.70. The number of nitrogens with zero attached hydrogens (tertiary/aromatic N) is 3. The van der Waals surface area contributed by atoms with Gasteiger partial charge in [-0.2, -0.15) is 0 Å². The second-order valence-corrected chi connectivity index (χ2v) is 7.77. The highest BCUT2D eigenvalue weighted by Gasteiger charge is 2.39. The molecule has 10 nitrogen and oxygen atoms in total. The van der Waals surface area contributed by atoms with Crippen LogP contribution in [0.25, 0.3) is 11.3 Å². The number of carbonyl (C=O) groups excluding carboxylic acids is 1. The zero-order valence-electron chi connectivity index (χ0n) is 18.5. The number of hydrogen-bond donors (Lipinski definition) is 3. The Kier molecular flexibility index (Phi) is 6.80. The molecule has 3 aromatic rings. The first-order chi connectivity index (χ1) is 16.4. The van der Waals surface area contributed by atoms with Crippen LogP contribution in [0.1, 0.15) is 34.0 Å². The van der Waals surface area contributed by atoms with Gasteiger partial charge >= 0.3 is 5.97 Å². The minimum atomic E-state index is -1.21. The van der Waals surface area contributed by atoms with Gasteiger partial charge in [-0.15, -0.1) is 0 Å². The molecule has 1 aromatic carbocycles. The van der Waals surface area contributed by atoms with Gasteiger partial charge in [0.05, 0.1) is 31.0 Å². The molecule has 0 saturated carbocycles. The summed E-state index contributed by atoms with van der Waals surface area (Å²) in [5.74, 6) is -3.44. The highest BCUT2D eigenvalue weighted by atomic mass is 16.7. The van der Waals surface area contributed by atoms with Crippen LogP contribution < -0.4 is 5.32 Å². The minimum absolute atomic E-state index is 0.0685. The lowest BCUT2D eigenvalue weighted by Crippen LogP contribution is -2.41. The first-order valence-electron chi connectivity index (χ1n) is 10.7. The summed E-state index contributed by atoms with van der Waals surface area (Å²) >= 11 is 0. The van der Waals surface area contributed by atoms with Gasteiger partial charge in [-0.05, 0) is 31.5 Å². The second-order valence-electron chi connectivity index (χ2n) is 7.77. The predicted octanol–water partition coefficient (Wildman–Crippen LogP) is 2.20. The van der Waals surface area contributed by atoms with Crippen LogP contribution in [-0.4, -0.2) is 56.8 Å². The van der Waals surface area contributed by atoms with Gasteiger partial charge in [0, 0.05) is 17.3 Å². The van der Waals surface area contributed by atoms with E-state index in [0.29, 0.717) is 13.2 Å². The molecular formula is C24H24N4O6. The average Bonchev–Trinajstić information content (AvgIpc) is 2.86. The molecule has 1 aliphatic rings. The normalized spacial score (nSPS) is 15.0. The molecule has 1 saturated heterocycles. The minimum Gasteiger partial charge on any atom is -0.504 e. The Hall–Kier alpha value is -3.89. The molecule has 0 aliphatic carbocycles. The van der Waals surface area contributed by atoms with Gasteiger partial charge in [0.1, 0.15) is 12.4 Å². The van der Waals surface area contributed by atoms with Crippen molar-refractivity contribution in [1.82, 2.24) is 20.3 Å². The molecule has 0 radical (unpaired) electrons. The van der Waals surface area contributed by atoms with E-state index < -0.39 is 30.0 Å². The molecule has 3 N–H and O–H groups in total. The molecule has 34 heavy (non-hydrogen) atoms. The Labute approximate surface area is 195 Å². The van der Waals surface area contributed by atoms with E-state index in [4.69, 9.17) is 14.6 Å². The summed E-state index contributed by atoms with van der Waals surface area (Å²) in [6, 6.07) is 13.3. The van der Waals surface area contributed by atoms with Gasteiger partial charge in [-0.1, -0.05) is 24.3 Å². The largest absolute Gasteiger partial charge is 0.504 e. The fourth-order valence-electron chi connectivity index (χ4n) is 3.70. The predicted molar refractivity (Wildman–Crippen MR) is 120 cm³/mol. The molecule has 0 unspecified atom stereocenters. The molecule has 1 aliphatic heterocycles. The van der Waals surface area contributed by atoms with Gasteiger partial charge in [0.25, 0.3) is 5.91 Å². The van der Waals surface area contributed by atoms with Crippen molar-refractivity contribution in [1.29, 1.82) is 0 Å². The van der Waals surface area contributed by atoms with Gasteiger partial charge in [-0.25, -0.2) is 9.97 Å². The second kappa shape index (κ2) is 9.94. The lowest BCUT2D eigenvalue weighted by Gasteiger charge is -2.37. The van der Waals surface area contributed by atoms with Gasteiger partial charge in [0.15, 0.2) is 11.4 Å². The molecule has 1 fully saturated rings. The van der Waals surface area contributed by atoms with E-state index in [-0.39, 0.29) is 23.6 Å². The zero-order chi connectivity index (χ0) is 24.1. The zero-order valence-corrected chi connectivity index (χ0v) is 18.5. The number of rotatable bonds is 7. The van der Waals surface area contributed by atoms with Crippen molar-refractivity contribution >= 4 is 11.9 Å². The van der Waals surface area contributed by atoms with Gasteiger partial charge in [0.2, 0.25) is 5.79 Å². The van der Waals surface area contributed by atoms with Crippen molar-refractivity contribution in [3.8, 4) is 17.0 Å². The highest BCUT2D eigenvalue weighted by Crippen LogP contribution is 2.36. The average molecular weight is 464 g/mol. The third-order valence-electron chi connectivity index (χ3n) is 5.33. The van der Waals surface area contributed by atoms with E-state index in [9.17, 15) is 14.7 Å². The molecule has 176 valence electrons. The summed E-state index contributed by atoms with van der Waals surface area (Å²) in [4.78, 5) is 36.2. The maximum absolute atomic E-state index is 12.4. The van der Waals surface area contributed by atoms with Gasteiger partial charge < -0.3 is 25.0 Å². The summed E-state index contributed by atoms with van der Waals surface area (Å²) < 4.78 is 12.3. The number of amides is 1. The summed E-state index contributed by atoms with van der Waals surface area (Å²) in [7, 11) is 0. The van der Waals surface area contributed by atoms with E-state index in [1.165, 1.54) is 6.92 Å². The van der Waals surface area contributed by atoms with E-state index in [0.717, 1.165) is 23.2 Å². The van der Waals surface area contributed by atoms with Crippen molar-refractivity contribution in [2.75, 3.05) is 19.8 Å². The van der Waals surface area contributed by atoms with Crippen molar-refractivity contribution < 1.29 is 29.3 Å². The lowest BCUT2D eigenvalue weighted by molar-refractivity contribution is -0.276. The Balaban J connectivity index is 1.70. The summed E-state index contributed by atoms with van der Waals surface area (Å²) in [5, 5.41) is 21.3. The number of aromatic nitrogens is 3. The quantitative estimate of drug-likeness (QED) is 0.479. The molecule has 4 rings (SSSR count). The summed E-state index contributed by atoms with van der Waals surface area (Å²) in [5.41, 5.74) is 2.29. The molecule has 10 heteroatoms. The molecule has 2 aromatic heterocycles. The number of aromatic hydroxyl groups is 1. The van der Waals surface area contributed by atoms with Crippen molar-refractivity contribution in [3.63, 3.8) is 0 Å². The van der Waals surface area contributed by atoms with Gasteiger partial charge in [-0.3, -0.25) is 14.6 Å². The molecule has 1 amide bonds. The maximum Gasteiger partial charge on any atom is 0.322 e. The number of nitrogens with one attached hydrogen (secondary N) is 1. The first kappa shape index (κ1) is 23.3. The Morgan fingerprint density at radius 1 is 1.12 bits per heavy atom. The topological polar surface area (TPSA) is 144 Å². The molecular weight excluding hydrogens is 440 g/mol. The van der Waals surface area contributed by atoms with Crippen LogP contribution in [0, 0.1) is 6.92 Å². The third kappa shape index (κ3) is 5.03.